The molecule has 0 spiro atoms. The molecule has 3 aromatic carbocycles. The number of amides is 3. The standard InChI is InChI=1S/2C33H30Cl3FN6O3.C33H30Cl2F3N7O2/c2*1-7-22(44)42-11-10-41(14-17(42)5)30-19-12-21(34)28(23-18(6)24(35)26(37)25(36)31(23)45)40-32(19)43(33(46)20(30)13-38)29-16(4)8-9-39-27(29)15(2)3;1-7-21(46)44-16(5)12-43(13-17(44)6)31-18-10-20(34)29(22-24(36)26(38)25(37)23(35)27(22)40)42-32(18)45(33(47)19(31)11-39)30-15(4)8-9-41-28(30)14(2)3/h2*7-9,12,15,17,45H,1,10-11,14H2,2-6H3;7-10,14,16-17H,1,12-13,40H2,2-6H3/t2*17-;16-,17+/m11./s1. The fraction of sp³-hybridized carbons (Fsp3) is 0.303. The van der Waals surface area contributed by atoms with Crippen molar-refractivity contribution in [2.45, 2.75) is 146 Å². The van der Waals surface area contributed by atoms with Gasteiger partial charge in [0.1, 0.15) is 78.4 Å². The van der Waals surface area contributed by atoms with E-state index < -0.39 is 89.3 Å². The highest BCUT2D eigenvalue weighted by molar-refractivity contribution is 6.40. The first-order valence-electron chi connectivity index (χ1n) is 43.5. The summed E-state index contributed by atoms with van der Waals surface area (Å²) in [5.41, 5.74) is 7.83. The first-order chi connectivity index (χ1) is 65.6. The number of phenolic OH excluding ortho intramolecular Hbond substituents is 2. The van der Waals surface area contributed by atoms with Crippen LogP contribution < -0.4 is 37.1 Å². The van der Waals surface area contributed by atoms with Crippen LogP contribution >= 0.6 is 92.8 Å². The Morgan fingerprint density at radius 2 is 0.734 bits per heavy atom. The first-order valence-corrected chi connectivity index (χ1v) is 46.5. The summed E-state index contributed by atoms with van der Waals surface area (Å²) in [5.74, 6) is -9.59. The summed E-state index contributed by atoms with van der Waals surface area (Å²) in [6.45, 7) is 40.3. The van der Waals surface area contributed by atoms with Gasteiger partial charge in [-0.15, -0.1) is 0 Å². The minimum Gasteiger partial charge on any atom is -0.506 e. The molecule has 3 amide bonds. The van der Waals surface area contributed by atoms with E-state index in [0.717, 1.165) is 0 Å². The number of nitrogens with two attached hydrogens (primary N) is 1. The molecule has 0 unspecified atom stereocenters. The molecule has 4 atom stereocenters. The quantitative estimate of drug-likeness (QED) is 0.0282. The summed E-state index contributed by atoms with van der Waals surface area (Å²) in [7, 11) is 0. The van der Waals surface area contributed by atoms with E-state index in [1.165, 1.54) is 51.8 Å². The van der Waals surface area contributed by atoms with Crippen molar-refractivity contribution in [3.8, 4) is 80.5 Å². The maximum atomic E-state index is 15.4. The lowest BCUT2D eigenvalue weighted by Crippen LogP contribution is -2.58. The number of nitrogen functional groups attached to an aromatic ring is 1. The highest BCUT2D eigenvalue weighted by atomic mass is 35.5. The van der Waals surface area contributed by atoms with E-state index in [2.05, 4.69) is 57.9 Å². The largest absolute Gasteiger partial charge is 0.506 e. The number of aromatic hydroxyl groups is 2. The maximum Gasteiger partial charge on any atom is 0.276 e. The van der Waals surface area contributed by atoms with Gasteiger partial charge in [-0.2, -0.15) is 15.8 Å². The molecule has 720 valence electrons. The van der Waals surface area contributed by atoms with Crippen molar-refractivity contribution in [1.82, 2.24) is 58.3 Å². The summed E-state index contributed by atoms with van der Waals surface area (Å²) in [6.07, 6.45) is 8.61. The molecule has 139 heavy (non-hydrogen) atoms. The first kappa shape index (κ1) is 103. The second-order valence-corrected chi connectivity index (χ2v) is 37.9. The predicted octanol–water partition coefficient (Wildman–Crippen LogP) is 20.8. The molecule has 40 heteroatoms. The molecule has 0 aliphatic carbocycles. The number of hydrogen-bond acceptors (Lipinski definition) is 21. The van der Waals surface area contributed by atoms with E-state index in [9.17, 15) is 72.3 Å². The van der Waals surface area contributed by atoms with Crippen LogP contribution in [-0.4, -0.2) is 163 Å². The van der Waals surface area contributed by atoms with E-state index in [0.29, 0.717) is 112 Å². The molecular formula is C99H90Cl8F5N19O8. The molecule has 4 N–H and O–H groups in total. The number of aromatic nitrogens is 9. The molecule has 3 fully saturated rings. The third-order valence-corrected chi connectivity index (χ3v) is 27.7. The lowest BCUT2D eigenvalue weighted by Gasteiger charge is -2.45. The van der Waals surface area contributed by atoms with Crippen LogP contribution in [0, 0.1) is 97.7 Å². The third kappa shape index (κ3) is 18.1. The smallest absolute Gasteiger partial charge is 0.276 e. The molecule has 0 radical (unpaired) electrons. The predicted molar refractivity (Wildman–Crippen MR) is 535 cm³/mol. The molecule has 3 aliphatic heterocycles. The lowest BCUT2D eigenvalue weighted by molar-refractivity contribution is -0.131. The van der Waals surface area contributed by atoms with Gasteiger partial charge in [-0.1, -0.05) is 154 Å². The van der Waals surface area contributed by atoms with Crippen molar-refractivity contribution in [2.75, 3.05) is 72.8 Å². The number of carbonyl (C=O) groups excluding carboxylic acids is 3. The maximum absolute atomic E-state index is 15.4. The molecule has 27 nitrogen and oxygen atoms in total. The lowest BCUT2D eigenvalue weighted by atomic mass is 10.0. The van der Waals surface area contributed by atoms with Gasteiger partial charge in [0.05, 0.1) is 105 Å². The van der Waals surface area contributed by atoms with Gasteiger partial charge < -0.3 is 45.3 Å². The normalized spacial score (nSPS) is 15.5. The number of fused-ring (bicyclic) bond motifs is 3. The Kier molecular flexibility index (Phi) is 30.4. The minimum absolute atomic E-state index is 0.000758. The topological polar surface area (TPSA) is 352 Å². The van der Waals surface area contributed by atoms with E-state index in [1.807, 2.05) is 92.9 Å². The summed E-state index contributed by atoms with van der Waals surface area (Å²) in [5, 5.41) is 51.5. The van der Waals surface area contributed by atoms with Gasteiger partial charge in [-0.3, -0.25) is 57.4 Å². The van der Waals surface area contributed by atoms with Crippen LogP contribution in [-0.2, 0) is 14.4 Å². The SMILES string of the molecule is C=CC(=O)N1CCN(c2c(C#N)c(=O)n(-c3c(C)ccnc3C(C)C)c3nc(-c4c(C)c(Cl)c(F)c(Cl)c4O)c(Cl)cc23)C[C@H]1C.C=CC(=O)N1CCN(c2c(C#N)c(=O)n(-c3c(C)ccnc3C(C)C)c3nc(-c4c(C)c(Cl)c(F)c(Cl)c4O)c(Cl)cc23)C[C@H]1C.C=CC(=O)N1[C@H](C)CN(c2c(C#N)c(=O)n(-c3c(C)ccnc3C(C)C)c3nc(-c4c(N)c(Cl)c(F)c(F)c4F)c(Cl)cc23)C[C@@H]1C. The Bertz CT molecular complexity index is 7210. The fourth-order valence-corrected chi connectivity index (χ4v) is 20.1. The Balaban J connectivity index is 0.000000176. The van der Waals surface area contributed by atoms with Crippen LogP contribution in [0.15, 0.2) is 107 Å². The van der Waals surface area contributed by atoms with Gasteiger partial charge in [0.25, 0.3) is 16.7 Å². The van der Waals surface area contributed by atoms with Crippen molar-refractivity contribution in [2.24, 2.45) is 0 Å². The van der Waals surface area contributed by atoms with Gasteiger partial charge >= 0.3 is 0 Å². The molecular weight excluding hydrogens is 1960 g/mol. The number of aryl methyl sites for hydroxylation is 3. The van der Waals surface area contributed by atoms with Gasteiger partial charge in [0, 0.05) is 122 Å². The molecule has 0 saturated carbocycles. The highest BCUT2D eigenvalue weighted by Gasteiger charge is 2.41. The van der Waals surface area contributed by atoms with E-state index in [-0.39, 0.29) is 176 Å². The summed E-state index contributed by atoms with van der Waals surface area (Å²) < 4.78 is 77.6. The Labute approximate surface area is 835 Å². The number of hydrogen-bond donors (Lipinski definition) is 3. The van der Waals surface area contributed by atoms with Crippen LogP contribution in [0.4, 0.5) is 44.7 Å². The van der Waals surface area contributed by atoms with Gasteiger partial charge in [0.2, 0.25) is 17.7 Å². The summed E-state index contributed by atoms with van der Waals surface area (Å²) >= 11 is 51.1. The van der Waals surface area contributed by atoms with Crippen LogP contribution in [0.25, 0.3) is 83.9 Å². The number of nitriles is 3. The van der Waals surface area contributed by atoms with Gasteiger partial charge in [-0.05, 0) is 163 Å². The molecule has 3 saturated heterocycles. The van der Waals surface area contributed by atoms with E-state index in [4.69, 9.17) is 109 Å². The second-order valence-electron chi connectivity index (χ2n) is 34.8. The number of carbonyl (C=O) groups is 3. The monoisotopic (exact) mass is 2050 g/mol. The number of halogens is 13. The van der Waals surface area contributed by atoms with Crippen LogP contribution in [0.3, 0.4) is 0 Å². The molecule has 3 aliphatic rings. The molecule has 12 heterocycles. The number of anilines is 4. The zero-order valence-corrected chi connectivity index (χ0v) is 83.7. The average molecular weight is 2050 g/mol. The number of rotatable bonds is 15. The third-order valence-electron chi connectivity index (χ3n) is 24.9. The zero-order chi connectivity index (χ0) is 102. The fourth-order valence-electron chi connectivity index (χ4n) is 18.3. The summed E-state index contributed by atoms with van der Waals surface area (Å²) in [4.78, 5) is 120. The van der Waals surface area contributed by atoms with Gasteiger partial charge in [-0.25, -0.2) is 36.9 Å². The van der Waals surface area contributed by atoms with Crippen LogP contribution in [0.5, 0.6) is 11.5 Å². The molecule has 9 aromatic heterocycles. The van der Waals surface area contributed by atoms with Crippen molar-refractivity contribution in [3.63, 3.8) is 0 Å². The molecule has 12 aromatic rings. The van der Waals surface area contributed by atoms with Crippen molar-refractivity contribution in [1.29, 1.82) is 15.8 Å². The number of phenols is 2. The Hall–Kier alpha value is -12.9. The number of nitrogens with zero attached hydrogens (tertiary/aromatic N) is 18. The van der Waals surface area contributed by atoms with Crippen molar-refractivity contribution in [3.05, 3.63) is 255 Å². The van der Waals surface area contributed by atoms with Crippen molar-refractivity contribution >= 4 is 166 Å². The Morgan fingerprint density at radius 3 is 1.03 bits per heavy atom. The molecule has 15 rings (SSSR count). The number of pyridine rings is 9. The molecule has 0 bridgehead atoms. The van der Waals surface area contributed by atoms with Crippen molar-refractivity contribution < 1.29 is 46.5 Å². The summed E-state index contributed by atoms with van der Waals surface area (Å²) in [6, 6.07) is 14.7. The number of piperazine rings is 3. The minimum atomic E-state index is -1.88. The average Bonchev–Trinajstić information content (AvgIpc) is 0.726. The Morgan fingerprint density at radius 1 is 0.432 bits per heavy atom. The zero-order valence-electron chi connectivity index (χ0n) is 77.6. The van der Waals surface area contributed by atoms with E-state index >= 15 is 4.39 Å². The van der Waals surface area contributed by atoms with Crippen LogP contribution in [0.1, 0.15) is 149 Å². The van der Waals surface area contributed by atoms with E-state index in [1.54, 1.807) is 75.4 Å². The second kappa shape index (κ2) is 40.9. The number of benzene rings is 3. The van der Waals surface area contributed by atoms with Crippen LogP contribution in [0.2, 0.25) is 40.2 Å². The highest BCUT2D eigenvalue weighted by Crippen LogP contribution is 2.51. The van der Waals surface area contributed by atoms with Gasteiger partial charge in [0.15, 0.2) is 29.1 Å².